The van der Waals surface area contributed by atoms with Crippen molar-refractivity contribution in [1.82, 2.24) is 0 Å². The smallest absolute Gasteiger partial charge is 0.0727 e. The Morgan fingerprint density at radius 2 is 1.40 bits per heavy atom. The second-order valence-corrected chi connectivity index (χ2v) is 11.1. The third-order valence-corrected chi connectivity index (χ3v) is 4.51. The Bertz CT molecular complexity index is 547. The third-order valence-electron chi connectivity index (χ3n) is 3.22. The Kier molecular flexibility index (Phi) is 5.15. The van der Waals surface area contributed by atoms with Crippen molar-refractivity contribution in [1.29, 1.82) is 0 Å². The van der Waals surface area contributed by atoms with Crippen LogP contribution in [0.4, 0.5) is 0 Å². The molecule has 2 aromatic carbocycles. The predicted octanol–water partition coefficient (Wildman–Crippen LogP) is 5.22. The lowest BCUT2D eigenvalue weighted by molar-refractivity contribution is 1.27. The summed E-state index contributed by atoms with van der Waals surface area (Å²) in [6.45, 7) is 7.23. The Morgan fingerprint density at radius 3 is 1.95 bits per heavy atom. The lowest BCUT2D eigenvalue weighted by Gasteiger charge is -2.15. The lowest BCUT2D eigenvalue weighted by Crippen LogP contribution is -1.98. The summed E-state index contributed by atoms with van der Waals surface area (Å²) in [7, 11) is -0.827. The Hall–Kier alpha value is -1.39. The van der Waals surface area contributed by atoms with Gasteiger partial charge in [-0.15, -0.1) is 0 Å². The summed E-state index contributed by atoms with van der Waals surface area (Å²) < 4.78 is 0. The van der Waals surface area contributed by atoms with Crippen molar-refractivity contribution in [3.05, 3.63) is 77.9 Å². The van der Waals surface area contributed by atoms with Gasteiger partial charge in [0.1, 0.15) is 0 Å². The van der Waals surface area contributed by atoms with Gasteiger partial charge in [0, 0.05) is 27.3 Å². The SMILES string of the molecule is C[P+](C)(C)C/C(=C\Cc1ccccc1)c1ccccc1. The molecule has 0 bridgehead atoms. The zero-order chi connectivity index (χ0) is 14.4. The Balaban J connectivity index is 2.22. The molecule has 0 atom stereocenters. The van der Waals surface area contributed by atoms with E-state index in [0.29, 0.717) is 0 Å². The van der Waals surface area contributed by atoms with Gasteiger partial charge in [0.15, 0.2) is 0 Å². The minimum absolute atomic E-state index is 0.827. The van der Waals surface area contributed by atoms with E-state index in [9.17, 15) is 0 Å². The van der Waals surface area contributed by atoms with E-state index in [1.165, 1.54) is 22.9 Å². The van der Waals surface area contributed by atoms with Crippen LogP contribution in [0.3, 0.4) is 0 Å². The molecule has 1 heteroatoms. The molecule has 0 saturated carbocycles. The van der Waals surface area contributed by atoms with Crippen LogP contribution in [-0.2, 0) is 6.42 Å². The zero-order valence-corrected chi connectivity index (χ0v) is 13.6. The molecule has 0 fully saturated rings. The van der Waals surface area contributed by atoms with Crippen LogP contribution in [0, 0.1) is 0 Å². The average molecular weight is 283 g/mol. The number of hydrogen-bond donors (Lipinski definition) is 0. The standard InChI is InChI=1S/C19H24P/c1-20(2,3)16-19(18-12-8-5-9-13-18)15-14-17-10-6-4-7-11-17/h4-13,15H,14,16H2,1-3H3/q+1/b19-15+. The zero-order valence-electron chi connectivity index (χ0n) is 12.7. The van der Waals surface area contributed by atoms with Crippen LogP contribution in [0.1, 0.15) is 11.1 Å². The molecule has 0 aliphatic rings. The van der Waals surface area contributed by atoms with E-state index in [1.807, 2.05) is 0 Å². The van der Waals surface area contributed by atoms with Gasteiger partial charge >= 0.3 is 0 Å². The molecule has 0 spiro atoms. The van der Waals surface area contributed by atoms with Crippen LogP contribution >= 0.6 is 7.26 Å². The van der Waals surface area contributed by atoms with Crippen LogP contribution in [0.25, 0.3) is 5.57 Å². The van der Waals surface area contributed by atoms with Crippen LogP contribution in [-0.4, -0.2) is 26.2 Å². The second kappa shape index (κ2) is 6.86. The first-order valence-corrected chi connectivity index (χ1v) is 10.4. The fraction of sp³-hybridized carbons (Fsp3) is 0.263. The number of benzene rings is 2. The fourth-order valence-corrected chi connectivity index (χ4v) is 3.63. The maximum Gasteiger partial charge on any atom is 0.0837 e. The van der Waals surface area contributed by atoms with Gasteiger partial charge in [-0.1, -0.05) is 66.7 Å². The van der Waals surface area contributed by atoms with Crippen molar-refractivity contribution in [3.63, 3.8) is 0 Å². The van der Waals surface area contributed by atoms with Gasteiger partial charge in [0.25, 0.3) is 0 Å². The largest absolute Gasteiger partial charge is 0.0837 e. The topological polar surface area (TPSA) is 0 Å². The summed E-state index contributed by atoms with van der Waals surface area (Å²) in [6.07, 6.45) is 4.64. The van der Waals surface area contributed by atoms with E-state index in [-0.39, 0.29) is 0 Å². The molecular weight excluding hydrogens is 259 g/mol. The minimum Gasteiger partial charge on any atom is -0.0727 e. The molecule has 0 aliphatic heterocycles. The van der Waals surface area contributed by atoms with E-state index in [4.69, 9.17) is 0 Å². The minimum atomic E-state index is -0.827. The van der Waals surface area contributed by atoms with Gasteiger partial charge in [0.2, 0.25) is 0 Å². The fourth-order valence-electron chi connectivity index (χ4n) is 2.29. The molecule has 104 valence electrons. The molecule has 2 rings (SSSR count). The first-order valence-electron chi connectivity index (χ1n) is 7.13. The Labute approximate surface area is 123 Å². The average Bonchev–Trinajstić information content (AvgIpc) is 2.44. The summed E-state index contributed by atoms with van der Waals surface area (Å²) in [5, 5.41) is 0. The molecule has 0 nitrogen and oxygen atoms in total. The normalized spacial score (nSPS) is 12.4. The van der Waals surface area contributed by atoms with Gasteiger partial charge < -0.3 is 0 Å². The summed E-state index contributed by atoms with van der Waals surface area (Å²) in [4.78, 5) is 0. The van der Waals surface area contributed by atoms with E-state index in [2.05, 4.69) is 86.7 Å². The number of allylic oxidation sites excluding steroid dienone is 2. The van der Waals surface area contributed by atoms with Gasteiger partial charge in [-0.2, -0.15) is 0 Å². The summed E-state index contributed by atoms with van der Waals surface area (Å²) >= 11 is 0. The molecule has 0 N–H and O–H groups in total. The third kappa shape index (κ3) is 4.94. The summed E-state index contributed by atoms with van der Waals surface area (Å²) in [5.74, 6) is 0. The van der Waals surface area contributed by atoms with E-state index in [0.717, 1.165) is 6.42 Å². The second-order valence-electron chi connectivity index (χ2n) is 6.23. The molecule has 0 radical (unpaired) electrons. The van der Waals surface area contributed by atoms with Crippen LogP contribution in [0.2, 0.25) is 0 Å². The first kappa shape index (κ1) is 15.0. The van der Waals surface area contributed by atoms with Crippen molar-refractivity contribution in [2.45, 2.75) is 6.42 Å². The molecule has 0 heterocycles. The molecule has 0 amide bonds. The molecular formula is C19H24P+. The molecule has 20 heavy (non-hydrogen) atoms. The van der Waals surface area contributed by atoms with E-state index in [1.54, 1.807) is 0 Å². The molecule has 0 saturated heterocycles. The molecule has 2 aromatic rings. The van der Waals surface area contributed by atoms with E-state index >= 15 is 0 Å². The first-order chi connectivity index (χ1) is 9.54. The summed E-state index contributed by atoms with van der Waals surface area (Å²) in [5.41, 5.74) is 4.25. The quantitative estimate of drug-likeness (QED) is 0.660. The maximum atomic E-state index is 2.41. The molecule has 0 unspecified atom stereocenters. The van der Waals surface area contributed by atoms with Crippen molar-refractivity contribution in [2.75, 3.05) is 26.2 Å². The molecule has 0 aromatic heterocycles. The molecule has 0 aliphatic carbocycles. The lowest BCUT2D eigenvalue weighted by atomic mass is 10.0. The van der Waals surface area contributed by atoms with Crippen LogP contribution in [0.5, 0.6) is 0 Å². The van der Waals surface area contributed by atoms with Gasteiger partial charge in [-0.3, -0.25) is 0 Å². The van der Waals surface area contributed by atoms with Crippen molar-refractivity contribution < 1.29 is 0 Å². The Morgan fingerprint density at radius 1 is 0.850 bits per heavy atom. The number of hydrogen-bond acceptors (Lipinski definition) is 0. The highest BCUT2D eigenvalue weighted by Gasteiger charge is 2.20. The van der Waals surface area contributed by atoms with Crippen molar-refractivity contribution in [3.8, 4) is 0 Å². The summed E-state index contributed by atoms with van der Waals surface area (Å²) in [6, 6.07) is 21.5. The van der Waals surface area contributed by atoms with Gasteiger partial charge in [-0.05, 0) is 23.1 Å². The highest BCUT2D eigenvalue weighted by Crippen LogP contribution is 2.49. The van der Waals surface area contributed by atoms with Crippen molar-refractivity contribution >= 4 is 12.8 Å². The highest BCUT2D eigenvalue weighted by atomic mass is 31.2. The van der Waals surface area contributed by atoms with Crippen LogP contribution < -0.4 is 0 Å². The number of rotatable bonds is 5. The van der Waals surface area contributed by atoms with Crippen molar-refractivity contribution in [2.24, 2.45) is 0 Å². The van der Waals surface area contributed by atoms with Gasteiger partial charge in [-0.25, -0.2) is 0 Å². The van der Waals surface area contributed by atoms with E-state index < -0.39 is 7.26 Å². The predicted molar refractivity (Wildman–Crippen MR) is 94.1 cm³/mol. The maximum absolute atomic E-state index is 2.41. The monoisotopic (exact) mass is 283 g/mol. The highest BCUT2D eigenvalue weighted by molar-refractivity contribution is 7.74. The van der Waals surface area contributed by atoms with Crippen LogP contribution in [0.15, 0.2) is 66.7 Å². The van der Waals surface area contributed by atoms with Gasteiger partial charge in [0.05, 0.1) is 6.16 Å².